The quantitative estimate of drug-likeness (QED) is 0.685. The van der Waals surface area contributed by atoms with E-state index in [0.717, 1.165) is 25.7 Å². The Labute approximate surface area is 126 Å². The minimum Gasteiger partial charge on any atom is -0.452 e. The van der Waals surface area contributed by atoms with Crippen LogP contribution in [0.15, 0.2) is 12.3 Å². The van der Waals surface area contributed by atoms with Crippen LogP contribution in [0.5, 0.6) is 0 Å². The van der Waals surface area contributed by atoms with Crippen molar-refractivity contribution in [2.45, 2.75) is 31.7 Å². The summed E-state index contributed by atoms with van der Waals surface area (Å²) in [4.78, 5) is 27.1. The van der Waals surface area contributed by atoms with Crippen molar-refractivity contribution in [1.82, 2.24) is 10.3 Å². The fourth-order valence-corrected chi connectivity index (χ4v) is 2.36. The highest BCUT2D eigenvalue weighted by molar-refractivity contribution is 6.41. The molecule has 0 radical (unpaired) electrons. The lowest BCUT2D eigenvalue weighted by Crippen LogP contribution is -2.35. The Morgan fingerprint density at radius 3 is 2.70 bits per heavy atom. The molecule has 0 unspecified atom stereocenters. The number of rotatable bonds is 4. The lowest BCUT2D eigenvalue weighted by molar-refractivity contribution is -0.124. The number of carbonyl (C=O) groups excluding carboxylic acids is 2. The summed E-state index contributed by atoms with van der Waals surface area (Å²) in [6, 6.07) is 1.56. The number of nitrogens with one attached hydrogen (secondary N) is 1. The maximum Gasteiger partial charge on any atom is 0.340 e. The Kier molecular flexibility index (Phi) is 5.20. The van der Waals surface area contributed by atoms with E-state index < -0.39 is 5.97 Å². The van der Waals surface area contributed by atoms with Crippen LogP contribution in [0.25, 0.3) is 0 Å². The van der Waals surface area contributed by atoms with E-state index in [-0.39, 0.29) is 34.3 Å². The molecule has 1 saturated carbocycles. The Balaban J connectivity index is 1.81. The number of carbonyl (C=O) groups is 2. The standard InChI is InChI=1S/C13H14Cl2N2O3/c14-10-5-8(6-16-12(10)15)13(19)20-7-11(18)17-9-3-1-2-4-9/h5-6,9H,1-4,7H2,(H,17,18). The van der Waals surface area contributed by atoms with Gasteiger partial charge in [0, 0.05) is 12.2 Å². The highest BCUT2D eigenvalue weighted by Gasteiger charge is 2.18. The highest BCUT2D eigenvalue weighted by Crippen LogP contribution is 2.20. The van der Waals surface area contributed by atoms with Crippen molar-refractivity contribution in [2.24, 2.45) is 0 Å². The minimum atomic E-state index is -0.655. The van der Waals surface area contributed by atoms with E-state index in [2.05, 4.69) is 10.3 Å². The number of hydrogen-bond acceptors (Lipinski definition) is 4. The maximum absolute atomic E-state index is 11.7. The van der Waals surface area contributed by atoms with Crippen molar-refractivity contribution in [3.8, 4) is 0 Å². The van der Waals surface area contributed by atoms with Gasteiger partial charge < -0.3 is 10.1 Å². The third-order valence-electron chi connectivity index (χ3n) is 3.09. The zero-order valence-electron chi connectivity index (χ0n) is 10.7. The average molecular weight is 317 g/mol. The summed E-state index contributed by atoms with van der Waals surface area (Å²) >= 11 is 11.4. The van der Waals surface area contributed by atoms with Crippen molar-refractivity contribution in [2.75, 3.05) is 6.61 Å². The second kappa shape index (κ2) is 6.90. The number of aromatic nitrogens is 1. The number of esters is 1. The molecule has 7 heteroatoms. The van der Waals surface area contributed by atoms with Gasteiger partial charge in [0.05, 0.1) is 10.6 Å². The molecule has 1 heterocycles. The van der Waals surface area contributed by atoms with Gasteiger partial charge in [-0.1, -0.05) is 36.0 Å². The molecule has 1 fully saturated rings. The normalized spacial score (nSPS) is 15.1. The summed E-state index contributed by atoms with van der Waals surface area (Å²) in [5.41, 5.74) is 0.160. The van der Waals surface area contributed by atoms with Crippen molar-refractivity contribution in [3.63, 3.8) is 0 Å². The fourth-order valence-electron chi connectivity index (χ4n) is 2.09. The summed E-state index contributed by atoms with van der Waals surface area (Å²) < 4.78 is 4.90. The van der Waals surface area contributed by atoms with E-state index in [1.54, 1.807) is 0 Å². The molecule has 1 aliphatic rings. The summed E-state index contributed by atoms with van der Waals surface area (Å²) in [6.45, 7) is -0.310. The smallest absolute Gasteiger partial charge is 0.340 e. The van der Waals surface area contributed by atoms with Gasteiger partial charge in [-0.15, -0.1) is 0 Å². The van der Waals surface area contributed by atoms with Gasteiger partial charge in [0.2, 0.25) is 0 Å². The van der Waals surface area contributed by atoms with Crippen LogP contribution < -0.4 is 5.32 Å². The number of nitrogens with zero attached hydrogens (tertiary/aromatic N) is 1. The van der Waals surface area contributed by atoms with Gasteiger partial charge in [-0.2, -0.15) is 0 Å². The molecule has 0 bridgehead atoms. The lowest BCUT2D eigenvalue weighted by Gasteiger charge is -2.11. The first-order valence-electron chi connectivity index (χ1n) is 6.34. The number of ether oxygens (including phenoxy) is 1. The molecule has 0 atom stereocenters. The van der Waals surface area contributed by atoms with E-state index >= 15 is 0 Å². The van der Waals surface area contributed by atoms with Crippen LogP contribution in [-0.4, -0.2) is 29.5 Å². The number of hydrogen-bond donors (Lipinski definition) is 1. The fraction of sp³-hybridized carbons (Fsp3) is 0.462. The molecule has 5 nitrogen and oxygen atoms in total. The first-order valence-corrected chi connectivity index (χ1v) is 7.09. The monoisotopic (exact) mass is 316 g/mol. The zero-order valence-corrected chi connectivity index (χ0v) is 12.2. The minimum absolute atomic E-state index is 0.113. The first-order chi connectivity index (χ1) is 9.56. The Bertz CT molecular complexity index is 516. The number of amides is 1. The van der Waals surface area contributed by atoms with Crippen molar-refractivity contribution in [1.29, 1.82) is 0 Å². The van der Waals surface area contributed by atoms with Crippen LogP contribution in [0.1, 0.15) is 36.0 Å². The molecule has 0 spiro atoms. The molecule has 0 aliphatic heterocycles. The van der Waals surface area contributed by atoms with Crippen molar-refractivity contribution < 1.29 is 14.3 Å². The molecular weight excluding hydrogens is 303 g/mol. The molecule has 1 aliphatic carbocycles. The largest absolute Gasteiger partial charge is 0.452 e. The maximum atomic E-state index is 11.7. The van der Waals surface area contributed by atoms with Gasteiger partial charge in [-0.3, -0.25) is 4.79 Å². The first kappa shape index (κ1) is 15.1. The molecule has 1 aromatic rings. The molecule has 108 valence electrons. The van der Waals surface area contributed by atoms with Crippen LogP contribution >= 0.6 is 23.2 Å². The Morgan fingerprint density at radius 1 is 1.35 bits per heavy atom. The van der Waals surface area contributed by atoms with E-state index in [9.17, 15) is 9.59 Å². The molecule has 2 rings (SSSR count). The zero-order chi connectivity index (χ0) is 14.5. The van der Waals surface area contributed by atoms with Gasteiger partial charge in [0.15, 0.2) is 6.61 Å². The predicted molar refractivity (Wildman–Crippen MR) is 74.9 cm³/mol. The molecule has 20 heavy (non-hydrogen) atoms. The van der Waals surface area contributed by atoms with Gasteiger partial charge >= 0.3 is 5.97 Å². The summed E-state index contributed by atoms with van der Waals surface area (Å²) in [5.74, 6) is -0.948. The van der Waals surface area contributed by atoms with Crippen molar-refractivity contribution >= 4 is 35.1 Å². The average Bonchev–Trinajstić information content (AvgIpc) is 2.92. The molecule has 1 N–H and O–H groups in total. The highest BCUT2D eigenvalue weighted by atomic mass is 35.5. The molecule has 1 amide bonds. The van der Waals surface area contributed by atoms with Gasteiger partial charge in [-0.25, -0.2) is 9.78 Å². The van der Waals surface area contributed by atoms with E-state index in [1.165, 1.54) is 12.3 Å². The van der Waals surface area contributed by atoms with Gasteiger partial charge in [0.25, 0.3) is 5.91 Å². The molecule has 1 aromatic heterocycles. The molecule has 0 saturated heterocycles. The van der Waals surface area contributed by atoms with Crippen LogP contribution in [0.4, 0.5) is 0 Å². The van der Waals surface area contributed by atoms with E-state index in [4.69, 9.17) is 27.9 Å². The van der Waals surface area contributed by atoms with Crippen molar-refractivity contribution in [3.05, 3.63) is 28.0 Å². The Morgan fingerprint density at radius 2 is 2.05 bits per heavy atom. The van der Waals surface area contributed by atoms with Crippen LogP contribution in [0, 0.1) is 0 Å². The second-order valence-corrected chi connectivity index (χ2v) is 5.39. The number of pyridine rings is 1. The summed E-state index contributed by atoms with van der Waals surface area (Å²) in [7, 11) is 0. The van der Waals surface area contributed by atoms with Crippen LogP contribution in [-0.2, 0) is 9.53 Å². The second-order valence-electron chi connectivity index (χ2n) is 4.62. The van der Waals surface area contributed by atoms with E-state index in [0.29, 0.717) is 0 Å². The lowest BCUT2D eigenvalue weighted by atomic mass is 10.2. The van der Waals surface area contributed by atoms with Crippen LogP contribution in [0.3, 0.4) is 0 Å². The van der Waals surface area contributed by atoms with Gasteiger partial charge in [-0.05, 0) is 18.9 Å². The predicted octanol–water partition coefficient (Wildman–Crippen LogP) is 2.60. The SMILES string of the molecule is O=C(COC(=O)c1cnc(Cl)c(Cl)c1)NC1CCCC1. The third-order valence-corrected chi connectivity index (χ3v) is 3.77. The molecule has 0 aromatic carbocycles. The third kappa shape index (κ3) is 4.08. The topological polar surface area (TPSA) is 68.3 Å². The Hall–Kier alpha value is -1.33. The van der Waals surface area contributed by atoms with Crippen LogP contribution in [0.2, 0.25) is 10.2 Å². The summed E-state index contributed by atoms with van der Waals surface area (Å²) in [5, 5.41) is 3.10. The summed E-state index contributed by atoms with van der Waals surface area (Å²) in [6.07, 6.45) is 5.47. The number of halogens is 2. The van der Waals surface area contributed by atoms with E-state index in [1.807, 2.05) is 0 Å². The molecular formula is C13H14Cl2N2O3. The van der Waals surface area contributed by atoms with Gasteiger partial charge in [0.1, 0.15) is 5.15 Å².